The summed E-state index contributed by atoms with van der Waals surface area (Å²) in [4.78, 5) is 0. The fourth-order valence-electron chi connectivity index (χ4n) is 2.77. The number of hydrogen-bond donors (Lipinski definition) is 1. The summed E-state index contributed by atoms with van der Waals surface area (Å²) in [6, 6.07) is 6.06. The van der Waals surface area contributed by atoms with Crippen LogP contribution in [0, 0.1) is 12.7 Å². The van der Waals surface area contributed by atoms with Gasteiger partial charge in [0.1, 0.15) is 5.82 Å². The van der Waals surface area contributed by atoms with E-state index in [-0.39, 0.29) is 5.82 Å². The molecule has 2 unspecified atom stereocenters. The molecule has 1 fully saturated rings. The first-order valence-electron chi connectivity index (χ1n) is 6.70. The first-order chi connectivity index (χ1) is 8.20. The van der Waals surface area contributed by atoms with Crippen LogP contribution in [0.5, 0.6) is 0 Å². The topological polar surface area (TPSA) is 12.0 Å². The van der Waals surface area contributed by atoms with Crippen molar-refractivity contribution in [2.24, 2.45) is 0 Å². The Balaban J connectivity index is 2.02. The predicted molar refractivity (Wildman–Crippen MR) is 69.8 cm³/mol. The molecule has 1 N–H and O–H groups in total. The van der Waals surface area contributed by atoms with Crippen molar-refractivity contribution < 1.29 is 4.39 Å². The zero-order chi connectivity index (χ0) is 12.3. The van der Waals surface area contributed by atoms with Crippen molar-refractivity contribution in [3.63, 3.8) is 0 Å². The van der Waals surface area contributed by atoms with Gasteiger partial charge in [-0.3, -0.25) is 0 Å². The van der Waals surface area contributed by atoms with Crippen LogP contribution in [0.4, 0.5) is 4.39 Å². The molecule has 2 atom stereocenters. The van der Waals surface area contributed by atoms with Crippen LogP contribution in [0.3, 0.4) is 0 Å². The van der Waals surface area contributed by atoms with Crippen molar-refractivity contribution in [2.75, 3.05) is 6.54 Å². The minimum Gasteiger partial charge on any atom is -0.314 e. The third-order valence-electron chi connectivity index (χ3n) is 3.71. The third-order valence-corrected chi connectivity index (χ3v) is 3.71. The Labute approximate surface area is 103 Å². The Morgan fingerprint density at radius 3 is 2.94 bits per heavy atom. The lowest BCUT2D eigenvalue weighted by Gasteiger charge is -2.14. The Morgan fingerprint density at radius 1 is 1.35 bits per heavy atom. The highest BCUT2D eigenvalue weighted by molar-refractivity contribution is 5.28. The summed E-state index contributed by atoms with van der Waals surface area (Å²) >= 11 is 0. The molecule has 0 heterocycles. The van der Waals surface area contributed by atoms with Crippen LogP contribution in [-0.2, 0) is 0 Å². The van der Waals surface area contributed by atoms with Gasteiger partial charge in [-0.05, 0) is 56.7 Å². The monoisotopic (exact) mass is 235 g/mol. The van der Waals surface area contributed by atoms with Gasteiger partial charge in [-0.2, -0.15) is 0 Å². The standard InChI is InChI=1S/C15H22FN/c1-3-8-17-13-6-5-12(10-13)14-9-11(2)4-7-15(14)16/h4,7,9,12-13,17H,3,5-6,8,10H2,1-2H3. The molecule has 0 amide bonds. The number of benzene rings is 1. The van der Waals surface area contributed by atoms with Crippen molar-refractivity contribution >= 4 is 0 Å². The maximum atomic E-state index is 13.8. The van der Waals surface area contributed by atoms with Crippen molar-refractivity contribution in [1.82, 2.24) is 5.32 Å². The Hall–Kier alpha value is -0.890. The van der Waals surface area contributed by atoms with Crippen LogP contribution in [-0.4, -0.2) is 12.6 Å². The van der Waals surface area contributed by atoms with E-state index in [0.717, 1.165) is 30.5 Å². The molecule has 0 spiro atoms. The maximum absolute atomic E-state index is 13.8. The second-order valence-electron chi connectivity index (χ2n) is 5.19. The molecule has 1 aliphatic rings. The van der Waals surface area contributed by atoms with E-state index in [1.165, 1.54) is 12.8 Å². The van der Waals surface area contributed by atoms with Gasteiger partial charge in [0.05, 0.1) is 0 Å². The average Bonchev–Trinajstić information content (AvgIpc) is 2.78. The number of halogens is 1. The van der Waals surface area contributed by atoms with Gasteiger partial charge < -0.3 is 5.32 Å². The normalized spacial score (nSPS) is 24.2. The predicted octanol–water partition coefficient (Wildman–Crippen LogP) is 3.77. The van der Waals surface area contributed by atoms with Crippen LogP contribution in [0.1, 0.15) is 49.7 Å². The van der Waals surface area contributed by atoms with Crippen LogP contribution in [0.2, 0.25) is 0 Å². The van der Waals surface area contributed by atoms with Gasteiger partial charge in [-0.1, -0.05) is 24.6 Å². The average molecular weight is 235 g/mol. The second-order valence-corrected chi connectivity index (χ2v) is 5.19. The Bertz CT molecular complexity index is 375. The summed E-state index contributed by atoms with van der Waals surface area (Å²) < 4.78 is 13.8. The number of rotatable bonds is 4. The first-order valence-corrected chi connectivity index (χ1v) is 6.70. The zero-order valence-corrected chi connectivity index (χ0v) is 10.8. The van der Waals surface area contributed by atoms with E-state index in [2.05, 4.69) is 12.2 Å². The van der Waals surface area contributed by atoms with Gasteiger partial charge in [-0.15, -0.1) is 0 Å². The molecule has 1 saturated carbocycles. The maximum Gasteiger partial charge on any atom is 0.126 e. The number of hydrogen-bond acceptors (Lipinski definition) is 1. The lowest BCUT2D eigenvalue weighted by molar-refractivity contribution is 0.512. The molecule has 0 radical (unpaired) electrons. The molecule has 1 nitrogen and oxygen atoms in total. The number of aryl methyl sites for hydroxylation is 1. The van der Waals surface area contributed by atoms with Gasteiger partial charge in [0.2, 0.25) is 0 Å². The van der Waals surface area contributed by atoms with E-state index in [4.69, 9.17) is 0 Å². The lowest BCUT2D eigenvalue weighted by atomic mass is 9.95. The van der Waals surface area contributed by atoms with E-state index in [0.29, 0.717) is 12.0 Å². The van der Waals surface area contributed by atoms with Crippen LogP contribution in [0.15, 0.2) is 18.2 Å². The SMILES string of the molecule is CCCNC1CCC(c2cc(C)ccc2F)C1. The van der Waals surface area contributed by atoms with E-state index < -0.39 is 0 Å². The highest BCUT2D eigenvalue weighted by atomic mass is 19.1. The molecule has 2 rings (SSSR count). The molecule has 0 aromatic heterocycles. The Kier molecular flexibility index (Phi) is 4.16. The molecule has 17 heavy (non-hydrogen) atoms. The van der Waals surface area contributed by atoms with Gasteiger partial charge >= 0.3 is 0 Å². The third kappa shape index (κ3) is 3.06. The van der Waals surface area contributed by atoms with Crippen molar-refractivity contribution in [1.29, 1.82) is 0 Å². The highest BCUT2D eigenvalue weighted by Gasteiger charge is 2.27. The van der Waals surface area contributed by atoms with Crippen LogP contribution < -0.4 is 5.32 Å². The molecule has 0 aliphatic heterocycles. The van der Waals surface area contributed by atoms with Crippen molar-refractivity contribution in [2.45, 2.75) is 51.5 Å². The number of nitrogens with one attached hydrogen (secondary N) is 1. The highest BCUT2D eigenvalue weighted by Crippen LogP contribution is 2.36. The molecular formula is C15H22FN. The first kappa shape index (κ1) is 12.6. The van der Waals surface area contributed by atoms with Gasteiger partial charge in [-0.25, -0.2) is 4.39 Å². The summed E-state index contributed by atoms with van der Waals surface area (Å²) in [5.41, 5.74) is 2.08. The second kappa shape index (κ2) is 5.63. The summed E-state index contributed by atoms with van der Waals surface area (Å²) in [5, 5.41) is 3.54. The van der Waals surface area contributed by atoms with E-state index in [1.54, 1.807) is 6.07 Å². The van der Waals surface area contributed by atoms with Crippen LogP contribution >= 0.6 is 0 Å². The van der Waals surface area contributed by atoms with E-state index >= 15 is 0 Å². The van der Waals surface area contributed by atoms with Crippen molar-refractivity contribution in [3.8, 4) is 0 Å². The smallest absolute Gasteiger partial charge is 0.126 e. The van der Waals surface area contributed by atoms with Gasteiger partial charge in [0.25, 0.3) is 0 Å². The van der Waals surface area contributed by atoms with Gasteiger partial charge in [0.15, 0.2) is 0 Å². The molecule has 2 heteroatoms. The van der Waals surface area contributed by atoms with E-state index in [9.17, 15) is 4.39 Å². The Morgan fingerprint density at radius 2 is 2.18 bits per heavy atom. The molecule has 94 valence electrons. The quantitative estimate of drug-likeness (QED) is 0.837. The van der Waals surface area contributed by atoms with Crippen LogP contribution in [0.25, 0.3) is 0 Å². The molecule has 1 aliphatic carbocycles. The molecule has 1 aromatic carbocycles. The summed E-state index contributed by atoms with van der Waals surface area (Å²) in [6.07, 6.45) is 4.54. The molecule has 1 aromatic rings. The largest absolute Gasteiger partial charge is 0.314 e. The minimum absolute atomic E-state index is 0.0308. The van der Waals surface area contributed by atoms with Crippen molar-refractivity contribution in [3.05, 3.63) is 35.1 Å². The zero-order valence-electron chi connectivity index (χ0n) is 10.8. The lowest BCUT2D eigenvalue weighted by Crippen LogP contribution is -2.26. The fourth-order valence-corrected chi connectivity index (χ4v) is 2.77. The summed E-state index contributed by atoms with van der Waals surface area (Å²) in [7, 11) is 0. The summed E-state index contributed by atoms with van der Waals surface area (Å²) in [6.45, 7) is 5.29. The molecule has 0 saturated heterocycles. The van der Waals surface area contributed by atoms with Gasteiger partial charge in [0, 0.05) is 6.04 Å². The molecule has 0 bridgehead atoms. The fraction of sp³-hybridized carbons (Fsp3) is 0.600. The minimum atomic E-state index is -0.0308. The summed E-state index contributed by atoms with van der Waals surface area (Å²) in [5.74, 6) is 0.376. The van der Waals surface area contributed by atoms with E-state index in [1.807, 2.05) is 19.1 Å². The molecular weight excluding hydrogens is 213 g/mol.